The van der Waals surface area contributed by atoms with E-state index >= 15 is 0 Å². The number of anilines is 1. The Morgan fingerprint density at radius 2 is 2.06 bits per heavy atom. The van der Waals surface area contributed by atoms with Gasteiger partial charge in [-0.15, -0.1) is 0 Å². The molecule has 180 valence electrons. The van der Waals surface area contributed by atoms with E-state index in [1.807, 2.05) is 29.9 Å². The third-order valence-corrected chi connectivity index (χ3v) is 6.85. The van der Waals surface area contributed by atoms with E-state index in [1.165, 1.54) is 17.0 Å². The monoisotopic (exact) mass is 475 g/mol. The first-order chi connectivity index (χ1) is 17.0. The molecule has 2 N–H and O–H groups in total. The summed E-state index contributed by atoms with van der Waals surface area (Å²) >= 11 is 0. The van der Waals surface area contributed by atoms with Crippen molar-refractivity contribution in [2.45, 2.75) is 44.7 Å². The second kappa shape index (κ2) is 9.39. The van der Waals surface area contributed by atoms with Gasteiger partial charge in [0.15, 0.2) is 0 Å². The standard InChI is InChI=1S/C26H26FN5O3/c1-16-5-6-20-23(32(16)26(33)34)8-7-19(17-14-30-31(15-17)18-9-11-29-12-10-18)25(20)35-24-4-2-3-22(27)21(24)13-28/h2-4,7-8,14-16,18,29H,5-6,9-12H2,1H3,(H,33,34)/t16-/m0/s1. The van der Waals surface area contributed by atoms with Crippen molar-refractivity contribution >= 4 is 11.8 Å². The number of amides is 1. The second-order valence-electron chi connectivity index (χ2n) is 9.00. The van der Waals surface area contributed by atoms with Crippen LogP contribution in [0.25, 0.3) is 11.1 Å². The molecule has 1 fully saturated rings. The van der Waals surface area contributed by atoms with Gasteiger partial charge in [-0.2, -0.15) is 10.4 Å². The fourth-order valence-corrected chi connectivity index (χ4v) is 5.00. The maximum atomic E-state index is 14.3. The van der Waals surface area contributed by atoms with Gasteiger partial charge in [-0.1, -0.05) is 6.07 Å². The van der Waals surface area contributed by atoms with Crippen LogP contribution in [0.3, 0.4) is 0 Å². The number of carbonyl (C=O) groups is 1. The van der Waals surface area contributed by atoms with E-state index in [-0.39, 0.29) is 17.4 Å². The van der Waals surface area contributed by atoms with Gasteiger partial charge in [0.05, 0.1) is 17.9 Å². The largest absolute Gasteiger partial charge is 0.465 e. The van der Waals surface area contributed by atoms with Crippen LogP contribution in [0.1, 0.15) is 43.4 Å². The first-order valence-electron chi connectivity index (χ1n) is 11.8. The van der Waals surface area contributed by atoms with Crippen molar-refractivity contribution in [3.63, 3.8) is 0 Å². The zero-order chi connectivity index (χ0) is 24.5. The summed E-state index contributed by atoms with van der Waals surface area (Å²) in [7, 11) is 0. The second-order valence-corrected chi connectivity index (χ2v) is 9.00. The number of carboxylic acid groups (broad SMARTS) is 1. The molecule has 0 bridgehead atoms. The van der Waals surface area contributed by atoms with Crippen molar-refractivity contribution in [3.05, 3.63) is 59.7 Å². The van der Waals surface area contributed by atoms with E-state index in [1.54, 1.807) is 18.3 Å². The van der Waals surface area contributed by atoms with Crippen molar-refractivity contribution in [2.75, 3.05) is 18.0 Å². The van der Waals surface area contributed by atoms with Gasteiger partial charge in [0.2, 0.25) is 0 Å². The zero-order valence-electron chi connectivity index (χ0n) is 19.4. The molecule has 9 heteroatoms. The zero-order valence-corrected chi connectivity index (χ0v) is 19.4. The highest BCUT2D eigenvalue weighted by Crippen LogP contribution is 2.45. The van der Waals surface area contributed by atoms with Crippen LogP contribution in [0.15, 0.2) is 42.7 Å². The Balaban J connectivity index is 1.64. The molecule has 35 heavy (non-hydrogen) atoms. The highest BCUT2D eigenvalue weighted by atomic mass is 19.1. The summed E-state index contributed by atoms with van der Waals surface area (Å²) in [4.78, 5) is 13.4. The predicted octanol–water partition coefficient (Wildman–Crippen LogP) is 5.10. The molecular weight excluding hydrogens is 449 g/mol. The van der Waals surface area contributed by atoms with Crippen LogP contribution in [0.4, 0.5) is 14.9 Å². The van der Waals surface area contributed by atoms with Crippen LogP contribution in [0.2, 0.25) is 0 Å². The number of nitrogens with zero attached hydrogens (tertiary/aromatic N) is 4. The van der Waals surface area contributed by atoms with Gasteiger partial charge in [0.1, 0.15) is 28.9 Å². The van der Waals surface area contributed by atoms with Gasteiger partial charge >= 0.3 is 6.09 Å². The number of fused-ring (bicyclic) bond motifs is 1. The number of piperidine rings is 1. The van der Waals surface area contributed by atoms with E-state index in [0.29, 0.717) is 35.9 Å². The van der Waals surface area contributed by atoms with Crippen molar-refractivity contribution in [2.24, 2.45) is 0 Å². The van der Waals surface area contributed by atoms with Crippen molar-refractivity contribution in [1.29, 1.82) is 5.26 Å². The van der Waals surface area contributed by atoms with Gasteiger partial charge in [-0.3, -0.25) is 9.58 Å². The lowest BCUT2D eigenvalue weighted by molar-refractivity contribution is 0.198. The number of benzene rings is 2. The summed E-state index contributed by atoms with van der Waals surface area (Å²) in [5.41, 5.74) is 2.59. The molecule has 2 aliphatic rings. The molecule has 3 heterocycles. The molecule has 0 saturated carbocycles. The molecule has 1 atom stereocenters. The average molecular weight is 476 g/mol. The molecule has 1 amide bonds. The first kappa shape index (κ1) is 22.9. The molecule has 0 unspecified atom stereocenters. The normalized spacial score (nSPS) is 18.1. The van der Waals surface area contributed by atoms with E-state index in [9.17, 15) is 19.6 Å². The third-order valence-electron chi connectivity index (χ3n) is 6.85. The third kappa shape index (κ3) is 4.21. The minimum Gasteiger partial charge on any atom is -0.465 e. The van der Waals surface area contributed by atoms with Crippen molar-refractivity contribution in [3.8, 4) is 28.7 Å². The first-order valence-corrected chi connectivity index (χ1v) is 11.8. The predicted molar refractivity (Wildman–Crippen MR) is 128 cm³/mol. The lowest BCUT2D eigenvalue weighted by atomic mass is 9.92. The van der Waals surface area contributed by atoms with Crippen LogP contribution in [0, 0.1) is 17.1 Å². The van der Waals surface area contributed by atoms with E-state index in [2.05, 4.69) is 10.4 Å². The topological polar surface area (TPSA) is 103 Å². The molecule has 0 radical (unpaired) electrons. The van der Waals surface area contributed by atoms with Crippen molar-refractivity contribution < 1.29 is 19.0 Å². The molecule has 1 saturated heterocycles. The van der Waals surface area contributed by atoms with Gasteiger partial charge < -0.3 is 15.2 Å². The molecule has 2 aromatic carbocycles. The number of hydrogen-bond donors (Lipinski definition) is 2. The van der Waals surface area contributed by atoms with E-state index in [4.69, 9.17) is 4.74 Å². The summed E-state index contributed by atoms with van der Waals surface area (Å²) in [6.07, 6.45) is 5.86. The van der Waals surface area contributed by atoms with Crippen molar-refractivity contribution in [1.82, 2.24) is 15.1 Å². The fourth-order valence-electron chi connectivity index (χ4n) is 5.00. The fraction of sp³-hybridized carbons (Fsp3) is 0.346. The van der Waals surface area contributed by atoms with Gasteiger partial charge in [0, 0.05) is 28.9 Å². The van der Waals surface area contributed by atoms with Gasteiger partial charge in [-0.25, -0.2) is 9.18 Å². The van der Waals surface area contributed by atoms with Crippen LogP contribution in [-0.2, 0) is 6.42 Å². The van der Waals surface area contributed by atoms with Gasteiger partial charge in [-0.05, 0) is 70.0 Å². The number of nitriles is 1. The Bertz CT molecular complexity index is 1310. The van der Waals surface area contributed by atoms with Crippen LogP contribution in [0.5, 0.6) is 11.5 Å². The highest BCUT2D eigenvalue weighted by Gasteiger charge is 2.32. The maximum Gasteiger partial charge on any atom is 0.412 e. The van der Waals surface area contributed by atoms with Crippen LogP contribution >= 0.6 is 0 Å². The molecule has 1 aromatic heterocycles. The van der Waals surface area contributed by atoms with Gasteiger partial charge in [0.25, 0.3) is 0 Å². The Hall–Kier alpha value is -3.90. The maximum absolute atomic E-state index is 14.3. The number of aromatic nitrogens is 2. The molecule has 0 spiro atoms. The molecule has 5 rings (SSSR count). The molecular formula is C26H26FN5O3. The van der Waals surface area contributed by atoms with E-state index < -0.39 is 11.9 Å². The smallest absolute Gasteiger partial charge is 0.412 e. The Morgan fingerprint density at radius 1 is 1.26 bits per heavy atom. The molecule has 3 aromatic rings. The Kier molecular flexibility index (Phi) is 6.14. The SMILES string of the molecule is C[C@H]1CCc2c(ccc(-c3cnn(C4CCNCC4)c3)c2Oc2cccc(F)c2C#N)N1C(=O)O. The van der Waals surface area contributed by atoms with E-state index in [0.717, 1.165) is 37.1 Å². The number of rotatable bonds is 4. The summed E-state index contributed by atoms with van der Waals surface area (Å²) in [6, 6.07) is 9.84. The number of nitrogens with one attached hydrogen (secondary N) is 1. The quantitative estimate of drug-likeness (QED) is 0.544. The average Bonchev–Trinajstić information content (AvgIpc) is 3.34. The minimum absolute atomic E-state index is 0.0911. The number of hydrogen-bond acceptors (Lipinski definition) is 5. The van der Waals surface area contributed by atoms with Crippen LogP contribution in [-0.4, -0.2) is 40.1 Å². The minimum atomic E-state index is -1.04. The highest BCUT2D eigenvalue weighted by molar-refractivity contribution is 5.91. The number of halogens is 1. The summed E-state index contributed by atoms with van der Waals surface area (Å²) < 4.78 is 22.6. The Morgan fingerprint density at radius 3 is 2.80 bits per heavy atom. The lowest BCUT2D eigenvalue weighted by Gasteiger charge is -2.34. The van der Waals surface area contributed by atoms with Crippen LogP contribution < -0.4 is 15.0 Å². The summed E-state index contributed by atoms with van der Waals surface area (Å²) in [5, 5.41) is 27.3. The number of ether oxygens (including phenoxy) is 1. The molecule has 8 nitrogen and oxygen atoms in total. The Labute approximate surface area is 202 Å². The summed E-state index contributed by atoms with van der Waals surface area (Å²) in [6.45, 7) is 3.74. The lowest BCUT2D eigenvalue weighted by Crippen LogP contribution is -2.41. The molecule has 0 aliphatic carbocycles. The molecule has 2 aliphatic heterocycles. The summed E-state index contributed by atoms with van der Waals surface area (Å²) in [5.74, 6) is -0.156.